The van der Waals surface area contributed by atoms with E-state index in [1.807, 2.05) is 24.3 Å². The molecule has 0 aliphatic carbocycles. The molecule has 2 aromatic carbocycles. The summed E-state index contributed by atoms with van der Waals surface area (Å²) in [4.78, 5) is 17.5. The number of benzene rings is 2. The molecule has 15 heteroatoms. The average molecular weight is 639 g/mol. The van der Waals surface area contributed by atoms with Crippen LogP contribution in [0.15, 0.2) is 60.8 Å². The van der Waals surface area contributed by atoms with Crippen molar-refractivity contribution in [3.05, 3.63) is 71.4 Å². The van der Waals surface area contributed by atoms with E-state index in [9.17, 15) is 18.0 Å². The lowest BCUT2D eigenvalue weighted by Gasteiger charge is -2.24. The van der Waals surface area contributed by atoms with E-state index in [1.54, 1.807) is 31.0 Å². The molecule has 5 aromatic rings. The van der Waals surface area contributed by atoms with Crippen LogP contribution in [0.5, 0.6) is 17.2 Å². The van der Waals surface area contributed by atoms with E-state index in [4.69, 9.17) is 14.6 Å². The summed E-state index contributed by atoms with van der Waals surface area (Å²) in [5.41, 5.74) is 1.57. The van der Waals surface area contributed by atoms with Gasteiger partial charge in [0.25, 0.3) is 0 Å². The highest BCUT2D eigenvalue weighted by molar-refractivity contribution is 7.15. The number of amides is 1. The molecule has 3 aromatic heterocycles. The van der Waals surface area contributed by atoms with Crippen molar-refractivity contribution in [2.24, 2.45) is 0 Å². The molecule has 0 spiro atoms. The van der Waals surface area contributed by atoms with Crippen LogP contribution in [-0.4, -0.2) is 63.3 Å². The van der Waals surface area contributed by atoms with Crippen molar-refractivity contribution < 1.29 is 27.4 Å². The molecule has 11 nitrogen and oxygen atoms in total. The number of pyridine rings is 1. The Morgan fingerprint density at radius 1 is 1.11 bits per heavy atom. The average Bonchev–Trinajstić information content (AvgIpc) is 3.62. The topological polar surface area (TPSA) is 119 Å². The van der Waals surface area contributed by atoms with Gasteiger partial charge >= 0.3 is 12.1 Å². The highest BCUT2D eigenvalue weighted by Gasteiger charge is 2.44. The first-order valence-electron chi connectivity index (χ1n) is 14.1. The number of carbonyl (C=O) groups excluding carboxylic acids is 1. The molecule has 0 saturated carbocycles. The Morgan fingerprint density at radius 3 is 2.51 bits per heavy atom. The summed E-state index contributed by atoms with van der Waals surface area (Å²) in [6, 6.07) is 15.3. The van der Waals surface area contributed by atoms with Gasteiger partial charge in [-0.15, -0.1) is 10.2 Å². The molecule has 4 heterocycles. The minimum absolute atomic E-state index is 0.0276. The number of anilines is 3. The van der Waals surface area contributed by atoms with E-state index in [1.165, 1.54) is 24.3 Å². The SMILES string of the molecule is COc1ccc(Cn2nc(N[C@@H]3CCCNC3)c3c(Oc4ccc(N(C(=O)C(F)(F)F)c5nnc(C)s5)cc4)ccnc32)cc1. The number of aryl methyl sites for hydroxylation is 1. The molecule has 1 amide bonds. The molecule has 2 N–H and O–H groups in total. The first-order chi connectivity index (χ1) is 21.7. The number of fused-ring (bicyclic) bond motifs is 1. The van der Waals surface area contributed by atoms with Crippen LogP contribution in [0.2, 0.25) is 0 Å². The second-order valence-corrected chi connectivity index (χ2v) is 11.5. The van der Waals surface area contributed by atoms with Crippen LogP contribution in [0.1, 0.15) is 23.4 Å². The van der Waals surface area contributed by atoms with Crippen LogP contribution in [0.25, 0.3) is 11.0 Å². The number of halogens is 3. The predicted octanol–water partition coefficient (Wildman–Crippen LogP) is 5.83. The first kappa shape index (κ1) is 30.3. The number of ether oxygens (including phenoxy) is 2. The smallest absolute Gasteiger partial charge is 0.472 e. The summed E-state index contributed by atoms with van der Waals surface area (Å²) in [6.45, 7) is 3.79. The van der Waals surface area contributed by atoms with Crippen LogP contribution in [-0.2, 0) is 11.3 Å². The van der Waals surface area contributed by atoms with E-state index in [-0.39, 0.29) is 16.9 Å². The van der Waals surface area contributed by atoms with Crippen molar-refractivity contribution >= 4 is 44.9 Å². The quantitative estimate of drug-likeness (QED) is 0.206. The number of methoxy groups -OCH3 is 1. The molecular formula is C30H29F3N8O3S. The van der Waals surface area contributed by atoms with E-state index in [0.29, 0.717) is 44.8 Å². The van der Waals surface area contributed by atoms with Gasteiger partial charge in [-0.25, -0.2) is 14.6 Å². The van der Waals surface area contributed by atoms with Crippen molar-refractivity contribution in [2.75, 3.05) is 30.4 Å². The maximum absolute atomic E-state index is 13.5. The van der Waals surface area contributed by atoms with Gasteiger partial charge in [-0.05, 0) is 68.3 Å². The summed E-state index contributed by atoms with van der Waals surface area (Å²) in [7, 11) is 1.62. The van der Waals surface area contributed by atoms with Gasteiger partial charge in [-0.2, -0.15) is 18.3 Å². The third kappa shape index (κ3) is 6.68. The zero-order valence-electron chi connectivity index (χ0n) is 24.3. The van der Waals surface area contributed by atoms with Crippen molar-refractivity contribution in [1.29, 1.82) is 0 Å². The molecule has 1 atom stereocenters. The summed E-state index contributed by atoms with van der Waals surface area (Å²) in [6.07, 6.45) is -1.49. The summed E-state index contributed by atoms with van der Waals surface area (Å²) >= 11 is 0.881. The van der Waals surface area contributed by atoms with Crippen molar-refractivity contribution in [2.45, 2.75) is 38.5 Å². The zero-order valence-corrected chi connectivity index (χ0v) is 25.2. The van der Waals surface area contributed by atoms with Gasteiger partial charge in [0.15, 0.2) is 11.5 Å². The van der Waals surface area contributed by atoms with E-state index in [0.717, 1.165) is 48.6 Å². The number of alkyl halides is 3. The number of hydrogen-bond acceptors (Lipinski definition) is 10. The van der Waals surface area contributed by atoms with Gasteiger partial charge in [-0.3, -0.25) is 4.79 Å². The number of rotatable bonds is 9. The number of hydrogen-bond donors (Lipinski definition) is 2. The molecular weight excluding hydrogens is 609 g/mol. The van der Waals surface area contributed by atoms with Crippen molar-refractivity contribution in [3.8, 4) is 17.2 Å². The predicted molar refractivity (Wildman–Crippen MR) is 164 cm³/mol. The zero-order chi connectivity index (χ0) is 31.6. The normalized spacial score (nSPS) is 15.2. The molecule has 6 rings (SSSR count). The monoisotopic (exact) mass is 638 g/mol. The van der Waals surface area contributed by atoms with Crippen LogP contribution in [0.4, 0.5) is 29.8 Å². The maximum atomic E-state index is 13.5. The Balaban J connectivity index is 1.33. The largest absolute Gasteiger partial charge is 0.497 e. The fourth-order valence-corrected chi connectivity index (χ4v) is 5.75. The van der Waals surface area contributed by atoms with E-state index >= 15 is 0 Å². The molecule has 0 radical (unpaired) electrons. The van der Waals surface area contributed by atoms with Gasteiger partial charge in [0, 0.05) is 24.8 Å². The Morgan fingerprint density at radius 2 is 1.87 bits per heavy atom. The third-order valence-corrected chi connectivity index (χ3v) is 8.02. The van der Waals surface area contributed by atoms with Gasteiger partial charge in [-0.1, -0.05) is 23.5 Å². The lowest BCUT2D eigenvalue weighted by atomic mass is 10.1. The Kier molecular flexibility index (Phi) is 8.54. The van der Waals surface area contributed by atoms with Crippen LogP contribution < -0.4 is 25.0 Å². The molecule has 1 aliphatic rings. The Labute approximate surface area is 260 Å². The highest BCUT2D eigenvalue weighted by atomic mass is 32.1. The van der Waals surface area contributed by atoms with Crippen molar-refractivity contribution in [1.82, 2.24) is 30.3 Å². The molecule has 0 bridgehead atoms. The van der Waals surface area contributed by atoms with E-state index < -0.39 is 12.1 Å². The number of nitrogens with zero attached hydrogens (tertiary/aromatic N) is 6. The summed E-state index contributed by atoms with van der Waals surface area (Å²) in [5.74, 6) is 0.0940. The van der Waals surface area contributed by atoms with Gasteiger partial charge in [0.05, 0.1) is 19.3 Å². The molecule has 1 fully saturated rings. The fourth-order valence-electron chi connectivity index (χ4n) is 5.05. The standard InChI is InChI=1S/C30H29F3N8O3S/c1-18-37-38-29(45-18)41(28(42)30(31,32)33)21-7-11-23(12-8-21)44-24-13-15-35-27-25(24)26(36-20-4-3-14-34-16-20)39-40(27)17-19-5-9-22(43-2)10-6-19/h5-13,15,20,34H,3-4,14,16-17H2,1-2H3,(H,36,39)/t20-/m1/s1. The summed E-state index contributed by atoms with van der Waals surface area (Å²) < 4.78 is 53.8. The number of carbonyl (C=O) groups is 1. The van der Waals surface area contributed by atoms with Gasteiger partial charge < -0.3 is 20.1 Å². The second-order valence-electron chi connectivity index (χ2n) is 10.4. The van der Waals surface area contributed by atoms with Crippen LogP contribution in [0.3, 0.4) is 0 Å². The minimum Gasteiger partial charge on any atom is -0.497 e. The lowest BCUT2D eigenvalue weighted by molar-refractivity contribution is -0.169. The fraction of sp³-hybridized carbons (Fsp3) is 0.300. The molecule has 0 unspecified atom stereocenters. The Bertz CT molecular complexity index is 1790. The van der Waals surface area contributed by atoms with Gasteiger partial charge in [0.2, 0.25) is 5.13 Å². The van der Waals surface area contributed by atoms with Gasteiger partial charge in [0.1, 0.15) is 27.6 Å². The Hall–Kier alpha value is -4.76. The van der Waals surface area contributed by atoms with Crippen molar-refractivity contribution in [3.63, 3.8) is 0 Å². The highest BCUT2D eigenvalue weighted by Crippen LogP contribution is 2.37. The lowest BCUT2D eigenvalue weighted by Crippen LogP contribution is -2.38. The molecule has 234 valence electrons. The minimum atomic E-state index is -5.11. The maximum Gasteiger partial charge on any atom is 0.472 e. The molecule has 1 aliphatic heterocycles. The number of aromatic nitrogens is 5. The second kappa shape index (κ2) is 12.7. The first-order valence-corrected chi connectivity index (χ1v) is 15.0. The molecule has 1 saturated heterocycles. The number of nitrogens with one attached hydrogen (secondary N) is 2. The number of piperidine rings is 1. The van der Waals surface area contributed by atoms with Crippen LogP contribution >= 0.6 is 11.3 Å². The van der Waals surface area contributed by atoms with E-state index in [2.05, 4.69) is 25.8 Å². The molecule has 45 heavy (non-hydrogen) atoms. The van der Waals surface area contributed by atoms with Crippen LogP contribution in [0, 0.1) is 6.92 Å². The summed E-state index contributed by atoms with van der Waals surface area (Å²) in [5, 5.41) is 20.3. The third-order valence-electron chi connectivity index (χ3n) is 7.20.